The van der Waals surface area contributed by atoms with Crippen LogP contribution < -0.4 is 20.5 Å². The van der Waals surface area contributed by atoms with Crippen LogP contribution in [0, 0.1) is 0 Å². The van der Waals surface area contributed by atoms with Crippen LogP contribution in [0.4, 0.5) is 16.2 Å². The van der Waals surface area contributed by atoms with Gasteiger partial charge in [-0.05, 0) is 36.4 Å². The molecule has 3 aromatic rings. The summed E-state index contributed by atoms with van der Waals surface area (Å²) in [4.78, 5) is 11.7. The van der Waals surface area contributed by atoms with Gasteiger partial charge >= 0.3 is 6.03 Å². The second-order valence-corrected chi connectivity index (χ2v) is 7.71. The maximum absolute atomic E-state index is 12.4. The largest absolute Gasteiger partial charge is 0.504 e. The van der Waals surface area contributed by atoms with Crippen LogP contribution in [-0.2, 0) is 10.0 Å². The molecule has 0 spiro atoms. The van der Waals surface area contributed by atoms with Crippen LogP contribution in [0.1, 0.15) is 0 Å². The van der Waals surface area contributed by atoms with Crippen LogP contribution in [-0.4, -0.2) is 19.6 Å². The van der Waals surface area contributed by atoms with Gasteiger partial charge in [0.25, 0.3) is 0 Å². The lowest BCUT2D eigenvalue weighted by molar-refractivity contribution is 0.262. The standard InChI is InChI=1S/C19H16ClN3O5S/c20-13-10-11-15(17(24)18(13)29(21,26)27)23-19(25)22-14-8-4-5-9-16(14)28-12-6-2-1-3-7-12/h1-11,24H,(H2,21,26,27)(H2,22,23,25). The lowest BCUT2D eigenvalue weighted by atomic mass is 10.2. The first kappa shape index (κ1) is 20.5. The average Bonchev–Trinajstić information content (AvgIpc) is 2.65. The number of nitrogens with two attached hydrogens (primary N) is 1. The summed E-state index contributed by atoms with van der Waals surface area (Å²) in [7, 11) is -4.30. The second-order valence-electron chi connectivity index (χ2n) is 5.81. The predicted molar refractivity (Wildman–Crippen MR) is 110 cm³/mol. The summed E-state index contributed by atoms with van der Waals surface area (Å²) < 4.78 is 29.0. The molecule has 0 aromatic heterocycles. The van der Waals surface area contributed by atoms with Gasteiger partial charge in [-0.2, -0.15) is 0 Å². The van der Waals surface area contributed by atoms with Gasteiger partial charge in [-0.3, -0.25) is 0 Å². The Bertz CT molecular complexity index is 1150. The number of anilines is 2. The highest BCUT2D eigenvalue weighted by Gasteiger charge is 2.22. The van der Waals surface area contributed by atoms with Gasteiger partial charge in [0.15, 0.2) is 11.5 Å². The molecule has 0 aliphatic rings. The van der Waals surface area contributed by atoms with E-state index in [0.717, 1.165) is 0 Å². The number of aromatic hydroxyl groups is 1. The zero-order valence-electron chi connectivity index (χ0n) is 14.8. The van der Waals surface area contributed by atoms with E-state index in [-0.39, 0.29) is 10.7 Å². The monoisotopic (exact) mass is 433 g/mol. The highest BCUT2D eigenvalue weighted by molar-refractivity contribution is 7.89. The number of ether oxygens (including phenoxy) is 1. The third kappa shape index (κ3) is 4.96. The minimum Gasteiger partial charge on any atom is -0.504 e. The first-order valence-electron chi connectivity index (χ1n) is 8.20. The molecule has 0 radical (unpaired) electrons. The van der Waals surface area contributed by atoms with Gasteiger partial charge in [-0.1, -0.05) is 41.9 Å². The smallest absolute Gasteiger partial charge is 0.323 e. The molecule has 5 N–H and O–H groups in total. The molecule has 0 aliphatic carbocycles. The Morgan fingerprint density at radius 1 is 0.931 bits per heavy atom. The SMILES string of the molecule is NS(=O)(=O)c1c(Cl)ccc(NC(=O)Nc2ccccc2Oc2ccccc2)c1O. The number of primary sulfonamides is 1. The maximum atomic E-state index is 12.4. The maximum Gasteiger partial charge on any atom is 0.323 e. The lowest BCUT2D eigenvalue weighted by Gasteiger charge is -2.14. The van der Waals surface area contributed by atoms with E-state index >= 15 is 0 Å². The van der Waals surface area contributed by atoms with Crippen LogP contribution in [0.5, 0.6) is 17.2 Å². The number of amides is 2. The van der Waals surface area contributed by atoms with Crippen molar-refractivity contribution in [2.75, 3.05) is 10.6 Å². The summed E-state index contributed by atoms with van der Waals surface area (Å²) in [5, 5.41) is 19.9. The van der Waals surface area contributed by atoms with Crippen molar-refractivity contribution in [3.05, 3.63) is 71.8 Å². The summed E-state index contributed by atoms with van der Waals surface area (Å²) in [6.45, 7) is 0. The number of hydrogen-bond acceptors (Lipinski definition) is 5. The fourth-order valence-electron chi connectivity index (χ4n) is 2.47. The van der Waals surface area contributed by atoms with Crippen LogP contribution in [0.25, 0.3) is 0 Å². The molecule has 0 fully saturated rings. The van der Waals surface area contributed by atoms with Crippen molar-refractivity contribution in [1.29, 1.82) is 0 Å². The number of hydrogen-bond donors (Lipinski definition) is 4. The number of phenolic OH excluding ortho intramolecular Hbond substituents is 1. The number of carbonyl (C=O) groups excluding carboxylic acids is 1. The summed E-state index contributed by atoms with van der Waals surface area (Å²) in [5.41, 5.74) is 0.173. The van der Waals surface area contributed by atoms with Crippen LogP contribution in [0.15, 0.2) is 71.6 Å². The molecular weight excluding hydrogens is 418 g/mol. The highest BCUT2D eigenvalue weighted by Crippen LogP contribution is 2.36. The molecule has 2 amide bonds. The molecule has 0 aliphatic heterocycles. The minimum absolute atomic E-state index is 0.183. The van der Waals surface area contributed by atoms with E-state index in [0.29, 0.717) is 17.2 Å². The fraction of sp³-hybridized carbons (Fsp3) is 0. The Morgan fingerprint density at radius 2 is 1.55 bits per heavy atom. The third-order valence-electron chi connectivity index (χ3n) is 3.72. The third-order valence-corrected chi connectivity index (χ3v) is 5.13. The number of nitrogens with one attached hydrogen (secondary N) is 2. The number of rotatable bonds is 5. The Kier molecular flexibility index (Phi) is 5.92. The Morgan fingerprint density at radius 3 is 2.24 bits per heavy atom. The molecule has 0 saturated heterocycles. The van der Waals surface area contributed by atoms with E-state index in [9.17, 15) is 18.3 Å². The molecule has 29 heavy (non-hydrogen) atoms. The normalized spacial score (nSPS) is 11.0. The number of halogens is 1. The summed E-state index contributed by atoms with van der Waals surface area (Å²) in [6, 6.07) is 17.4. The molecule has 0 atom stereocenters. The minimum atomic E-state index is -4.30. The van der Waals surface area contributed by atoms with Crippen molar-refractivity contribution in [2.45, 2.75) is 4.90 Å². The van der Waals surface area contributed by atoms with E-state index in [1.807, 2.05) is 18.2 Å². The number of benzene rings is 3. The van der Waals surface area contributed by atoms with E-state index in [1.54, 1.807) is 36.4 Å². The van der Waals surface area contributed by atoms with Gasteiger partial charge in [-0.25, -0.2) is 18.4 Å². The molecule has 10 heteroatoms. The van der Waals surface area contributed by atoms with E-state index < -0.39 is 26.7 Å². The van der Waals surface area contributed by atoms with Crippen LogP contribution in [0.2, 0.25) is 5.02 Å². The molecule has 8 nitrogen and oxygen atoms in total. The molecule has 3 rings (SSSR count). The fourth-order valence-corrected chi connectivity index (χ4v) is 3.66. The molecular formula is C19H16ClN3O5S. The number of para-hydroxylation sites is 3. The zero-order chi connectivity index (χ0) is 21.0. The first-order valence-corrected chi connectivity index (χ1v) is 10.1. The summed E-state index contributed by atoms with van der Waals surface area (Å²) >= 11 is 5.79. The summed E-state index contributed by atoms with van der Waals surface area (Å²) in [6.07, 6.45) is 0. The van der Waals surface area contributed by atoms with Gasteiger partial charge < -0.3 is 20.5 Å². The van der Waals surface area contributed by atoms with E-state index in [2.05, 4.69) is 10.6 Å². The van der Waals surface area contributed by atoms with Crippen molar-refractivity contribution in [1.82, 2.24) is 0 Å². The topological polar surface area (TPSA) is 131 Å². The average molecular weight is 434 g/mol. The molecule has 3 aromatic carbocycles. The first-order chi connectivity index (χ1) is 13.8. The van der Waals surface area contributed by atoms with E-state index in [4.69, 9.17) is 21.5 Å². The zero-order valence-corrected chi connectivity index (χ0v) is 16.4. The Hall–Kier alpha value is -3.27. The van der Waals surface area contributed by atoms with Gasteiger partial charge in [0.2, 0.25) is 10.0 Å². The molecule has 150 valence electrons. The van der Waals surface area contributed by atoms with Crippen LogP contribution >= 0.6 is 11.6 Å². The lowest BCUT2D eigenvalue weighted by Crippen LogP contribution is -2.20. The van der Waals surface area contributed by atoms with Crippen molar-refractivity contribution in [3.8, 4) is 17.2 Å². The highest BCUT2D eigenvalue weighted by atomic mass is 35.5. The van der Waals surface area contributed by atoms with E-state index in [1.165, 1.54) is 12.1 Å². The van der Waals surface area contributed by atoms with Gasteiger partial charge in [0.05, 0.1) is 16.4 Å². The van der Waals surface area contributed by atoms with Crippen molar-refractivity contribution in [3.63, 3.8) is 0 Å². The van der Waals surface area contributed by atoms with Crippen molar-refractivity contribution in [2.24, 2.45) is 5.14 Å². The number of urea groups is 1. The molecule has 0 heterocycles. The summed E-state index contributed by atoms with van der Waals surface area (Å²) in [5.74, 6) is 0.207. The molecule has 0 bridgehead atoms. The van der Waals surface area contributed by atoms with Crippen LogP contribution in [0.3, 0.4) is 0 Å². The quantitative estimate of drug-likeness (QED) is 0.449. The van der Waals surface area contributed by atoms with Crippen molar-refractivity contribution >= 4 is 39.0 Å². The number of carbonyl (C=O) groups is 1. The van der Waals surface area contributed by atoms with Gasteiger partial charge in [-0.15, -0.1) is 0 Å². The Balaban J connectivity index is 1.81. The van der Waals surface area contributed by atoms with Gasteiger partial charge in [0, 0.05) is 0 Å². The molecule has 0 unspecified atom stereocenters. The Labute approximate surface area is 171 Å². The number of phenols is 1. The molecule has 0 saturated carbocycles. The van der Waals surface area contributed by atoms with Crippen molar-refractivity contribution < 1.29 is 23.1 Å². The number of sulfonamides is 1. The predicted octanol–water partition coefficient (Wildman–Crippen LogP) is 4.13. The van der Waals surface area contributed by atoms with Gasteiger partial charge in [0.1, 0.15) is 10.6 Å². The second kappa shape index (κ2) is 8.39.